The zero-order valence-electron chi connectivity index (χ0n) is 8.34. The monoisotopic (exact) mass is 234 g/mol. The van der Waals surface area contributed by atoms with E-state index < -0.39 is 17.9 Å². The highest BCUT2D eigenvalue weighted by Crippen LogP contribution is 2.34. The summed E-state index contributed by atoms with van der Waals surface area (Å²) in [4.78, 5) is 10.8. The number of rotatable bonds is 3. The molecular formula is C10H9F3O3. The Kier molecular flexibility index (Phi) is 3.41. The second-order valence-electron chi connectivity index (χ2n) is 3.19. The minimum atomic E-state index is -4.87. The van der Waals surface area contributed by atoms with Crippen LogP contribution >= 0.6 is 0 Å². The molecule has 0 saturated heterocycles. The average Bonchev–Trinajstić information content (AvgIpc) is 2.09. The fourth-order valence-corrected chi connectivity index (χ4v) is 1.19. The number of aromatic hydroxyl groups is 1. The minimum absolute atomic E-state index is 0.106. The van der Waals surface area contributed by atoms with Crippen molar-refractivity contribution in [1.29, 1.82) is 0 Å². The molecule has 0 heterocycles. The first-order valence-electron chi connectivity index (χ1n) is 4.35. The molecule has 3 nitrogen and oxygen atoms in total. The molecule has 1 N–H and O–H groups in total. The number of halogens is 3. The number of phenols is 1. The average molecular weight is 234 g/mol. The summed E-state index contributed by atoms with van der Waals surface area (Å²) in [5.41, 5.74) is 0.106. The molecule has 1 aromatic carbocycles. The van der Waals surface area contributed by atoms with Crippen molar-refractivity contribution in [3.05, 3.63) is 23.8 Å². The third-order valence-corrected chi connectivity index (χ3v) is 1.75. The second-order valence-corrected chi connectivity index (χ2v) is 3.19. The number of alkyl halides is 3. The van der Waals surface area contributed by atoms with Gasteiger partial charge in [-0.25, -0.2) is 0 Å². The molecular weight excluding hydrogens is 225 g/mol. The van der Waals surface area contributed by atoms with E-state index in [9.17, 15) is 23.1 Å². The maximum atomic E-state index is 11.9. The highest BCUT2D eigenvalue weighted by Gasteiger charge is 2.32. The Morgan fingerprint density at radius 1 is 1.44 bits per heavy atom. The van der Waals surface area contributed by atoms with E-state index in [0.29, 0.717) is 0 Å². The molecule has 1 aromatic rings. The molecule has 0 aliphatic heterocycles. The number of carbonyl (C=O) groups excluding carboxylic acids is 1. The van der Waals surface area contributed by atoms with Gasteiger partial charge in [0.1, 0.15) is 5.78 Å². The number of carbonyl (C=O) groups is 1. The molecule has 0 unspecified atom stereocenters. The fraction of sp³-hybridized carbons (Fsp3) is 0.300. The van der Waals surface area contributed by atoms with Gasteiger partial charge >= 0.3 is 6.36 Å². The molecule has 0 spiro atoms. The predicted molar refractivity (Wildman–Crippen MR) is 49.2 cm³/mol. The van der Waals surface area contributed by atoms with E-state index in [1.54, 1.807) is 0 Å². The summed E-state index contributed by atoms with van der Waals surface area (Å²) in [7, 11) is 0. The first-order valence-corrected chi connectivity index (χ1v) is 4.35. The number of Topliss-reactive ketones (excluding diaryl/α,β-unsaturated/α-hetero) is 1. The Bertz CT molecular complexity index is 399. The van der Waals surface area contributed by atoms with Crippen molar-refractivity contribution in [3.8, 4) is 11.5 Å². The number of benzene rings is 1. The molecule has 0 amide bonds. The summed E-state index contributed by atoms with van der Waals surface area (Å²) >= 11 is 0. The van der Waals surface area contributed by atoms with Crippen molar-refractivity contribution in [2.45, 2.75) is 19.7 Å². The van der Waals surface area contributed by atoms with Crippen molar-refractivity contribution >= 4 is 5.78 Å². The predicted octanol–water partition coefficient (Wildman–Crippen LogP) is 2.42. The van der Waals surface area contributed by atoms with Crippen LogP contribution in [0.3, 0.4) is 0 Å². The lowest BCUT2D eigenvalue weighted by Gasteiger charge is -2.12. The standard InChI is InChI=1S/C10H9F3O3/c1-6(14)5-7-3-2-4-8(9(7)15)16-10(11,12)13/h2-4,15H,5H2,1H3. The summed E-state index contributed by atoms with van der Waals surface area (Å²) in [5, 5.41) is 9.42. The highest BCUT2D eigenvalue weighted by molar-refractivity contribution is 5.79. The van der Waals surface area contributed by atoms with Gasteiger partial charge in [0.25, 0.3) is 0 Å². The SMILES string of the molecule is CC(=O)Cc1cccc(OC(F)(F)F)c1O. The van der Waals surface area contributed by atoms with Gasteiger partial charge in [0.05, 0.1) is 0 Å². The van der Waals surface area contributed by atoms with Crippen molar-refractivity contribution in [3.63, 3.8) is 0 Å². The van der Waals surface area contributed by atoms with Gasteiger partial charge < -0.3 is 9.84 Å². The second kappa shape index (κ2) is 4.42. The van der Waals surface area contributed by atoms with Crippen molar-refractivity contribution in [1.82, 2.24) is 0 Å². The first-order chi connectivity index (χ1) is 7.29. The lowest BCUT2D eigenvalue weighted by molar-refractivity contribution is -0.275. The summed E-state index contributed by atoms with van der Waals surface area (Å²) in [6.45, 7) is 1.27. The van der Waals surface area contributed by atoms with Gasteiger partial charge in [-0.1, -0.05) is 12.1 Å². The van der Waals surface area contributed by atoms with Crippen LogP contribution in [0.25, 0.3) is 0 Å². The van der Waals surface area contributed by atoms with E-state index in [0.717, 1.165) is 6.07 Å². The molecule has 0 aliphatic carbocycles. The van der Waals surface area contributed by atoms with E-state index in [2.05, 4.69) is 4.74 Å². The van der Waals surface area contributed by atoms with E-state index in [1.165, 1.54) is 19.1 Å². The van der Waals surface area contributed by atoms with E-state index in [-0.39, 0.29) is 17.8 Å². The van der Waals surface area contributed by atoms with Crippen LogP contribution in [0.1, 0.15) is 12.5 Å². The molecule has 0 bridgehead atoms. The highest BCUT2D eigenvalue weighted by atomic mass is 19.4. The van der Waals surface area contributed by atoms with Gasteiger partial charge in [-0.2, -0.15) is 0 Å². The van der Waals surface area contributed by atoms with Crippen molar-refractivity contribution in [2.24, 2.45) is 0 Å². The zero-order chi connectivity index (χ0) is 12.3. The summed E-state index contributed by atoms with van der Waals surface area (Å²) in [6, 6.07) is 3.62. The molecule has 0 aliphatic rings. The Labute approximate surface area is 89.5 Å². The van der Waals surface area contributed by atoms with Gasteiger partial charge in [0, 0.05) is 12.0 Å². The van der Waals surface area contributed by atoms with E-state index >= 15 is 0 Å². The van der Waals surface area contributed by atoms with Gasteiger partial charge in [0.15, 0.2) is 11.5 Å². The van der Waals surface area contributed by atoms with Crippen LogP contribution in [0.15, 0.2) is 18.2 Å². The third kappa shape index (κ3) is 3.45. The number of hydrogen-bond donors (Lipinski definition) is 1. The Morgan fingerprint density at radius 3 is 2.56 bits per heavy atom. The van der Waals surface area contributed by atoms with Gasteiger partial charge in [0.2, 0.25) is 0 Å². The van der Waals surface area contributed by atoms with Crippen LogP contribution in [-0.4, -0.2) is 17.3 Å². The van der Waals surface area contributed by atoms with Crippen LogP contribution in [0.5, 0.6) is 11.5 Å². The molecule has 16 heavy (non-hydrogen) atoms. The normalized spacial score (nSPS) is 11.2. The number of ether oxygens (including phenoxy) is 1. The Morgan fingerprint density at radius 2 is 2.06 bits per heavy atom. The lowest BCUT2D eigenvalue weighted by Crippen LogP contribution is -2.17. The van der Waals surface area contributed by atoms with Gasteiger partial charge in [-0.05, 0) is 13.0 Å². The zero-order valence-corrected chi connectivity index (χ0v) is 8.34. The smallest absolute Gasteiger partial charge is 0.504 e. The maximum Gasteiger partial charge on any atom is 0.573 e. The number of para-hydroxylation sites is 1. The minimum Gasteiger partial charge on any atom is -0.504 e. The molecule has 0 radical (unpaired) electrons. The van der Waals surface area contributed by atoms with E-state index in [4.69, 9.17) is 0 Å². The fourth-order valence-electron chi connectivity index (χ4n) is 1.19. The first kappa shape index (κ1) is 12.4. The van der Waals surface area contributed by atoms with Crippen LogP contribution in [0.2, 0.25) is 0 Å². The number of phenolic OH excluding ortho intramolecular Hbond substituents is 1. The molecule has 0 atom stereocenters. The largest absolute Gasteiger partial charge is 0.573 e. The quantitative estimate of drug-likeness (QED) is 0.873. The number of ketones is 1. The lowest BCUT2D eigenvalue weighted by atomic mass is 10.1. The Balaban J connectivity index is 2.99. The molecule has 6 heteroatoms. The third-order valence-electron chi connectivity index (χ3n) is 1.75. The van der Waals surface area contributed by atoms with Gasteiger partial charge in [-0.15, -0.1) is 13.2 Å². The van der Waals surface area contributed by atoms with Crippen molar-refractivity contribution < 1.29 is 27.8 Å². The summed E-state index contributed by atoms with van der Waals surface area (Å²) in [6.07, 6.45) is -5.01. The molecule has 1 rings (SSSR count). The van der Waals surface area contributed by atoms with Crippen LogP contribution in [0.4, 0.5) is 13.2 Å². The number of hydrogen-bond acceptors (Lipinski definition) is 3. The summed E-state index contributed by atoms with van der Waals surface area (Å²) < 4.78 is 39.3. The van der Waals surface area contributed by atoms with Gasteiger partial charge in [-0.3, -0.25) is 4.79 Å². The molecule has 88 valence electrons. The maximum absolute atomic E-state index is 11.9. The Hall–Kier alpha value is -1.72. The van der Waals surface area contributed by atoms with Crippen LogP contribution in [0, 0.1) is 0 Å². The molecule has 0 aromatic heterocycles. The van der Waals surface area contributed by atoms with Crippen LogP contribution in [-0.2, 0) is 11.2 Å². The van der Waals surface area contributed by atoms with Crippen LogP contribution < -0.4 is 4.74 Å². The topological polar surface area (TPSA) is 46.5 Å². The van der Waals surface area contributed by atoms with E-state index in [1.807, 2.05) is 0 Å². The molecule has 0 fully saturated rings. The summed E-state index contributed by atoms with van der Waals surface area (Å²) in [5.74, 6) is -1.62. The molecule has 0 saturated carbocycles. The van der Waals surface area contributed by atoms with Crippen molar-refractivity contribution in [2.75, 3.05) is 0 Å².